The fraction of sp³-hybridized carbons (Fsp3) is 0.733. The zero-order valence-corrected chi connectivity index (χ0v) is 12.8. The van der Waals surface area contributed by atoms with E-state index in [2.05, 4.69) is 37.1 Å². The van der Waals surface area contributed by atoms with Gasteiger partial charge in [-0.25, -0.2) is 0 Å². The molecule has 1 aromatic rings. The molecule has 0 bridgehead atoms. The monoisotopic (exact) mass is 266 g/mol. The van der Waals surface area contributed by atoms with Crippen LogP contribution in [0.5, 0.6) is 0 Å². The van der Waals surface area contributed by atoms with Crippen LogP contribution in [0.15, 0.2) is 6.07 Å². The molecule has 102 valence electrons. The molecule has 1 aliphatic carbocycles. The van der Waals surface area contributed by atoms with Crippen LogP contribution in [-0.2, 0) is 13.1 Å². The summed E-state index contributed by atoms with van der Waals surface area (Å²) >= 11 is 1.97. The van der Waals surface area contributed by atoms with Crippen LogP contribution < -0.4 is 5.32 Å². The Balaban J connectivity index is 1.89. The lowest BCUT2D eigenvalue weighted by atomic mass is 10.2. The first-order valence-corrected chi connectivity index (χ1v) is 8.08. The predicted molar refractivity (Wildman–Crippen MR) is 80.2 cm³/mol. The topological polar surface area (TPSA) is 15.3 Å². The van der Waals surface area contributed by atoms with Gasteiger partial charge in [-0.15, -0.1) is 11.3 Å². The molecule has 0 saturated heterocycles. The normalized spacial score (nSPS) is 15.6. The predicted octanol–water partition coefficient (Wildman–Crippen LogP) is 3.54. The molecule has 3 heteroatoms. The van der Waals surface area contributed by atoms with E-state index in [9.17, 15) is 0 Å². The van der Waals surface area contributed by atoms with Gasteiger partial charge in [0.2, 0.25) is 0 Å². The molecule has 18 heavy (non-hydrogen) atoms. The Morgan fingerprint density at radius 2 is 2.17 bits per heavy atom. The van der Waals surface area contributed by atoms with E-state index in [1.54, 1.807) is 0 Å². The van der Waals surface area contributed by atoms with Crippen LogP contribution >= 0.6 is 11.3 Å². The summed E-state index contributed by atoms with van der Waals surface area (Å²) in [5.74, 6) is 0. The second-order valence-corrected chi connectivity index (χ2v) is 6.66. The SMILES string of the molecule is CCCN(CC)Cc1cc(CNC2CC2)sc1C. The average molecular weight is 266 g/mol. The standard InChI is InChI=1S/C15H26N2S/c1-4-8-17(5-2)11-13-9-15(18-12(13)3)10-16-14-6-7-14/h9,14,16H,4-8,10-11H2,1-3H3. The van der Waals surface area contributed by atoms with E-state index in [0.717, 1.165) is 25.7 Å². The van der Waals surface area contributed by atoms with Crippen molar-refractivity contribution in [3.8, 4) is 0 Å². The van der Waals surface area contributed by atoms with E-state index in [0.29, 0.717) is 0 Å². The third-order valence-electron chi connectivity index (χ3n) is 3.59. The Hall–Kier alpha value is -0.380. The summed E-state index contributed by atoms with van der Waals surface area (Å²) in [5, 5.41) is 3.60. The highest BCUT2D eigenvalue weighted by Gasteiger charge is 2.20. The lowest BCUT2D eigenvalue weighted by Crippen LogP contribution is -2.23. The second kappa shape index (κ2) is 6.69. The molecular weight excluding hydrogens is 240 g/mol. The molecule has 0 spiro atoms. The fourth-order valence-electron chi connectivity index (χ4n) is 2.27. The second-order valence-electron chi connectivity index (χ2n) is 5.32. The summed E-state index contributed by atoms with van der Waals surface area (Å²) in [7, 11) is 0. The maximum Gasteiger partial charge on any atom is 0.0302 e. The highest BCUT2D eigenvalue weighted by Crippen LogP contribution is 2.25. The van der Waals surface area contributed by atoms with E-state index in [1.807, 2.05) is 11.3 Å². The van der Waals surface area contributed by atoms with Gasteiger partial charge in [0, 0.05) is 28.9 Å². The van der Waals surface area contributed by atoms with Crippen LogP contribution in [0.3, 0.4) is 0 Å². The van der Waals surface area contributed by atoms with Gasteiger partial charge in [-0.2, -0.15) is 0 Å². The van der Waals surface area contributed by atoms with E-state index >= 15 is 0 Å². The van der Waals surface area contributed by atoms with E-state index in [1.165, 1.54) is 41.1 Å². The van der Waals surface area contributed by atoms with Crippen molar-refractivity contribution < 1.29 is 0 Å². The molecule has 1 aliphatic rings. The van der Waals surface area contributed by atoms with E-state index < -0.39 is 0 Å². The van der Waals surface area contributed by atoms with Crippen LogP contribution in [0, 0.1) is 6.92 Å². The number of nitrogens with one attached hydrogen (secondary N) is 1. The molecule has 1 fully saturated rings. The zero-order chi connectivity index (χ0) is 13.0. The van der Waals surface area contributed by atoms with Crippen molar-refractivity contribution >= 4 is 11.3 Å². The van der Waals surface area contributed by atoms with Gasteiger partial charge >= 0.3 is 0 Å². The highest BCUT2D eigenvalue weighted by atomic mass is 32.1. The molecular formula is C15H26N2S. The highest BCUT2D eigenvalue weighted by molar-refractivity contribution is 7.12. The summed E-state index contributed by atoms with van der Waals surface area (Å²) in [5.41, 5.74) is 1.53. The van der Waals surface area contributed by atoms with E-state index in [4.69, 9.17) is 0 Å². The Morgan fingerprint density at radius 3 is 2.78 bits per heavy atom. The van der Waals surface area contributed by atoms with Crippen LogP contribution in [-0.4, -0.2) is 24.0 Å². The van der Waals surface area contributed by atoms with Gasteiger partial charge < -0.3 is 5.32 Å². The van der Waals surface area contributed by atoms with Crippen molar-refractivity contribution in [1.29, 1.82) is 0 Å². The molecule has 1 N–H and O–H groups in total. The largest absolute Gasteiger partial charge is 0.309 e. The number of thiophene rings is 1. The van der Waals surface area contributed by atoms with Crippen molar-refractivity contribution in [3.63, 3.8) is 0 Å². The first-order chi connectivity index (χ1) is 8.72. The fourth-order valence-corrected chi connectivity index (χ4v) is 3.27. The molecule has 0 unspecified atom stereocenters. The van der Waals surface area contributed by atoms with Crippen molar-refractivity contribution in [2.45, 2.75) is 59.2 Å². The minimum absolute atomic E-state index is 0.808. The molecule has 1 saturated carbocycles. The minimum Gasteiger partial charge on any atom is -0.309 e. The van der Waals surface area contributed by atoms with Gasteiger partial charge in [0.15, 0.2) is 0 Å². The quantitative estimate of drug-likeness (QED) is 0.774. The first-order valence-electron chi connectivity index (χ1n) is 7.26. The van der Waals surface area contributed by atoms with Crippen molar-refractivity contribution in [2.75, 3.05) is 13.1 Å². The summed E-state index contributed by atoms with van der Waals surface area (Å²) < 4.78 is 0. The number of hydrogen-bond donors (Lipinski definition) is 1. The van der Waals surface area contributed by atoms with Gasteiger partial charge in [0.05, 0.1) is 0 Å². The molecule has 0 atom stereocenters. The number of rotatable bonds is 8. The maximum absolute atomic E-state index is 3.60. The molecule has 1 heterocycles. The molecule has 0 aliphatic heterocycles. The summed E-state index contributed by atoms with van der Waals surface area (Å²) in [6.45, 7) is 11.3. The third-order valence-corrected chi connectivity index (χ3v) is 4.69. The lowest BCUT2D eigenvalue weighted by Gasteiger charge is -2.19. The van der Waals surface area contributed by atoms with Gasteiger partial charge in [-0.3, -0.25) is 4.90 Å². The van der Waals surface area contributed by atoms with Crippen LogP contribution in [0.1, 0.15) is 48.4 Å². The molecule has 1 aromatic heterocycles. The maximum atomic E-state index is 3.60. The van der Waals surface area contributed by atoms with Crippen molar-refractivity contribution in [1.82, 2.24) is 10.2 Å². The summed E-state index contributed by atoms with van der Waals surface area (Å²) in [6, 6.07) is 3.22. The van der Waals surface area contributed by atoms with Crippen LogP contribution in [0.2, 0.25) is 0 Å². The Labute approximate surface area is 115 Å². The molecule has 0 amide bonds. The Bertz CT molecular complexity index is 369. The van der Waals surface area contributed by atoms with Gasteiger partial charge in [0.25, 0.3) is 0 Å². The average Bonchev–Trinajstić information content (AvgIpc) is 3.12. The summed E-state index contributed by atoms with van der Waals surface area (Å²) in [4.78, 5) is 5.53. The van der Waals surface area contributed by atoms with Crippen molar-refractivity contribution in [2.24, 2.45) is 0 Å². The first kappa shape index (κ1) is 14.0. The van der Waals surface area contributed by atoms with Crippen molar-refractivity contribution in [3.05, 3.63) is 21.4 Å². The molecule has 2 rings (SSSR count). The smallest absolute Gasteiger partial charge is 0.0302 e. The number of aryl methyl sites for hydroxylation is 1. The minimum atomic E-state index is 0.808. The van der Waals surface area contributed by atoms with Crippen LogP contribution in [0.4, 0.5) is 0 Å². The van der Waals surface area contributed by atoms with Gasteiger partial charge in [0.1, 0.15) is 0 Å². The van der Waals surface area contributed by atoms with E-state index in [-0.39, 0.29) is 0 Å². The Morgan fingerprint density at radius 1 is 1.39 bits per heavy atom. The molecule has 2 nitrogen and oxygen atoms in total. The Kier molecular flexibility index (Phi) is 5.22. The third kappa shape index (κ3) is 4.08. The lowest BCUT2D eigenvalue weighted by molar-refractivity contribution is 0.280. The molecule has 0 aromatic carbocycles. The summed E-state index contributed by atoms with van der Waals surface area (Å²) in [6.07, 6.45) is 3.99. The zero-order valence-electron chi connectivity index (χ0n) is 12.0. The van der Waals surface area contributed by atoms with Gasteiger partial charge in [-0.05, 0) is 50.9 Å². The molecule has 0 radical (unpaired) electrons. The number of nitrogens with zero attached hydrogens (tertiary/aromatic N) is 1. The van der Waals surface area contributed by atoms with Gasteiger partial charge in [-0.1, -0.05) is 13.8 Å². The number of hydrogen-bond acceptors (Lipinski definition) is 3. The van der Waals surface area contributed by atoms with Crippen LogP contribution in [0.25, 0.3) is 0 Å².